The summed E-state index contributed by atoms with van der Waals surface area (Å²) in [4.78, 5) is 18.7. The second-order valence-electron chi connectivity index (χ2n) is 8.19. The number of carbonyl (C=O) groups is 1. The number of hydrogen-bond acceptors (Lipinski definition) is 4. The topological polar surface area (TPSA) is 42.4 Å². The maximum absolute atomic E-state index is 12.0. The van der Waals surface area contributed by atoms with E-state index in [9.17, 15) is 4.79 Å². The maximum Gasteiger partial charge on any atom is 0.306 e. The van der Waals surface area contributed by atoms with Gasteiger partial charge in [0.15, 0.2) is 0 Å². The first-order chi connectivity index (χ1) is 12.3. The summed E-state index contributed by atoms with van der Waals surface area (Å²) in [7, 11) is 0. The highest BCUT2D eigenvalue weighted by atomic mass is 79.9. The van der Waals surface area contributed by atoms with Gasteiger partial charge in [-0.1, -0.05) is 12.1 Å². The van der Waals surface area contributed by atoms with Gasteiger partial charge in [0, 0.05) is 35.2 Å². The minimum absolute atomic E-state index is 0.0658. The molecule has 140 valence electrons. The normalized spacial score (nSPS) is 16.8. The molecule has 1 aliphatic rings. The molecule has 1 aromatic carbocycles. The van der Waals surface area contributed by atoms with Gasteiger partial charge < -0.3 is 4.74 Å². The minimum atomic E-state index is -0.391. The molecule has 26 heavy (non-hydrogen) atoms. The van der Waals surface area contributed by atoms with E-state index in [-0.39, 0.29) is 5.97 Å². The van der Waals surface area contributed by atoms with Crippen molar-refractivity contribution in [1.29, 1.82) is 0 Å². The van der Waals surface area contributed by atoms with Crippen LogP contribution >= 0.6 is 15.9 Å². The van der Waals surface area contributed by atoms with E-state index in [2.05, 4.69) is 44.0 Å². The molecule has 0 saturated carbocycles. The average molecular weight is 419 g/mol. The molecule has 0 aliphatic carbocycles. The Hall–Kier alpha value is -1.46. The van der Waals surface area contributed by atoms with Gasteiger partial charge in [0.05, 0.1) is 0 Å². The van der Waals surface area contributed by atoms with Crippen molar-refractivity contribution in [3.8, 4) is 0 Å². The van der Waals surface area contributed by atoms with Crippen molar-refractivity contribution in [2.24, 2.45) is 5.92 Å². The largest absolute Gasteiger partial charge is 0.460 e. The molecule has 4 nitrogen and oxygen atoms in total. The minimum Gasteiger partial charge on any atom is -0.460 e. The number of carbonyl (C=O) groups excluding carboxylic acids is 1. The van der Waals surface area contributed by atoms with Crippen molar-refractivity contribution in [3.63, 3.8) is 0 Å². The highest BCUT2D eigenvalue weighted by Crippen LogP contribution is 2.26. The predicted molar refractivity (Wildman–Crippen MR) is 108 cm³/mol. The van der Waals surface area contributed by atoms with E-state index in [0.717, 1.165) is 42.3 Å². The van der Waals surface area contributed by atoms with Gasteiger partial charge in [-0.15, -0.1) is 0 Å². The van der Waals surface area contributed by atoms with Crippen LogP contribution < -0.4 is 0 Å². The van der Waals surface area contributed by atoms with Crippen LogP contribution in [0.3, 0.4) is 0 Å². The number of ether oxygens (including phenoxy) is 1. The van der Waals surface area contributed by atoms with E-state index in [4.69, 9.17) is 4.74 Å². The first kappa shape index (κ1) is 19.3. The fraction of sp³-hybridized carbons (Fsp3) is 0.524. The predicted octanol–water partition coefficient (Wildman–Crippen LogP) is 4.94. The van der Waals surface area contributed by atoms with Crippen LogP contribution in [0.25, 0.3) is 10.8 Å². The number of hydrogen-bond donors (Lipinski definition) is 0. The fourth-order valence-corrected chi connectivity index (χ4v) is 3.96. The van der Waals surface area contributed by atoms with Crippen molar-refractivity contribution in [2.45, 2.75) is 52.2 Å². The number of esters is 1. The Balaban J connectivity index is 1.53. The van der Waals surface area contributed by atoms with Crippen LogP contribution in [0.15, 0.2) is 35.1 Å². The van der Waals surface area contributed by atoms with Crippen LogP contribution in [0.1, 0.15) is 45.6 Å². The number of rotatable bonds is 4. The van der Waals surface area contributed by atoms with Crippen LogP contribution in [0.5, 0.6) is 0 Å². The van der Waals surface area contributed by atoms with E-state index in [1.54, 1.807) is 0 Å². The maximum atomic E-state index is 12.0. The lowest BCUT2D eigenvalue weighted by Gasteiger charge is -2.32. The molecule has 0 atom stereocenters. The lowest BCUT2D eigenvalue weighted by atomic mass is 9.93. The standard InChI is InChI=1S/C21H27BrN2O2/c1-21(2,3)26-20(25)11-15-6-8-24(9-7-15)14-16-4-5-17-12-23-13-19(22)18(17)10-16/h4-5,10,12-13,15H,6-9,11,14H2,1-3H3. The number of aromatic nitrogens is 1. The number of benzene rings is 1. The quantitative estimate of drug-likeness (QED) is 0.659. The summed E-state index contributed by atoms with van der Waals surface area (Å²) in [6.07, 6.45) is 6.39. The lowest BCUT2D eigenvalue weighted by molar-refractivity contribution is -0.156. The monoisotopic (exact) mass is 418 g/mol. The number of fused-ring (bicyclic) bond motifs is 1. The number of likely N-dealkylation sites (tertiary alicyclic amines) is 1. The third-order valence-corrected chi connectivity index (χ3v) is 5.40. The summed E-state index contributed by atoms with van der Waals surface area (Å²) in [5.41, 5.74) is 0.924. The molecule has 0 radical (unpaired) electrons. The van der Waals surface area contributed by atoms with E-state index in [0.29, 0.717) is 12.3 Å². The molecular weight excluding hydrogens is 392 g/mol. The molecule has 5 heteroatoms. The van der Waals surface area contributed by atoms with Crippen LogP contribution in [0, 0.1) is 5.92 Å². The second-order valence-corrected chi connectivity index (χ2v) is 9.04. The summed E-state index contributed by atoms with van der Waals surface area (Å²) in [6, 6.07) is 6.56. The summed E-state index contributed by atoms with van der Waals surface area (Å²) >= 11 is 3.59. The van der Waals surface area contributed by atoms with Gasteiger partial charge in [-0.25, -0.2) is 0 Å². The number of halogens is 1. The molecule has 3 rings (SSSR count). The van der Waals surface area contributed by atoms with Crippen LogP contribution in [-0.2, 0) is 16.1 Å². The SMILES string of the molecule is CC(C)(C)OC(=O)CC1CCN(Cc2ccc3cncc(Br)c3c2)CC1. The van der Waals surface area contributed by atoms with Gasteiger partial charge in [-0.3, -0.25) is 14.7 Å². The molecule has 0 unspecified atom stereocenters. The van der Waals surface area contributed by atoms with Crippen LogP contribution in [0.4, 0.5) is 0 Å². The third-order valence-electron chi connectivity index (χ3n) is 4.77. The summed E-state index contributed by atoms with van der Waals surface area (Å²) in [6.45, 7) is 8.78. The Bertz CT molecular complexity index is 777. The van der Waals surface area contributed by atoms with Crippen molar-refractivity contribution in [2.75, 3.05) is 13.1 Å². The lowest BCUT2D eigenvalue weighted by Crippen LogP contribution is -2.34. The molecule has 2 aromatic rings. The van der Waals surface area contributed by atoms with E-state index in [1.165, 1.54) is 10.9 Å². The van der Waals surface area contributed by atoms with Crippen molar-refractivity contribution < 1.29 is 9.53 Å². The Kier molecular flexibility index (Phi) is 5.98. The molecule has 1 fully saturated rings. The number of nitrogens with zero attached hydrogens (tertiary/aromatic N) is 2. The van der Waals surface area contributed by atoms with E-state index in [1.807, 2.05) is 33.2 Å². The molecular formula is C21H27BrN2O2. The van der Waals surface area contributed by atoms with E-state index < -0.39 is 5.60 Å². The first-order valence-electron chi connectivity index (χ1n) is 9.26. The Morgan fingerprint density at radius 1 is 1.27 bits per heavy atom. The molecule has 0 amide bonds. The van der Waals surface area contributed by atoms with Gasteiger partial charge in [0.2, 0.25) is 0 Å². The highest BCUT2D eigenvalue weighted by molar-refractivity contribution is 9.10. The summed E-state index contributed by atoms with van der Waals surface area (Å²) in [5, 5.41) is 2.36. The summed E-state index contributed by atoms with van der Waals surface area (Å²) in [5.74, 6) is 0.377. The molecule has 0 spiro atoms. The van der Waals surface area contributed by atoms with Crippen molar-refractivity contribution in [3.05, 3.63) is 40.6 Å². The van der Waals surface area contributed by atoms with Crippen molar-refractivity contribution in [1.82, 2.24) is 9.88 Å². The molecule has 2 heterocycles. The Morgan fingerprint density at radius 3 is 2.69 bits per heavy atom. The Labute approximate surface area is 164 Å². The van der Waals surface area contributed by atoms with Crippen molar-refractivity contribution >= 4 is 32.7 Å². The average Bonchev–Trinajstić information content (AvgIpc) is 2.56. The van der Waals surface area contributed by atoms with Crippen LogP contribution in [0.2, 0.25) is 0 Å². The van der Waals surface area contributed by atoms with Gasteiger partial charge >= 0.3 is 5.97 Å². The highest BCUT2D eigenvalue weighted by Gasteiger charge is 2.24. The summed E-state index contributed by atoms with van der Waals surface area (Å²) < 4.78 is 6.49. The zero-order valence-corrected chi connectivity index (χ0v) is 17.4. The van der Waals surface area contributed by atoms with Gasteiger partial charge in [0.1, 0.15) is 5.60 Å². The molecule has 1 saturated heterocycles. The molecule has 0 bridgehead atoms. The van der Waals surface area contributed by atoms with Gasteiger partial charge in [0.25, 0.3) is 0 Å². The van der Waals surface area contributed by atoms with Crippen LogP contribution in [-0.4, -0.2) is 34.5 Å². The molecule has 0 N–H and O–H groups in total. The first-order valence-corrected chi connectivity index (χ1v) is 10.1. The molecule has 1 aromatic heterocycles. The number of pyridine rings is 1. The van der Waals surface area contributed by atoms with E-state index >= 15 is 0 Å². The van der Waals surface area contributed by atoms with Gasteiger partial charge in [-0.2, -0.15) is 0 Å². The second kappa shape index (κ2) is 8.05. The van der Waals surface area contributed by atoms with Gasteiger partial charge in [-0.05, 0) is 85.6 Å². The molecule has 1 aliphatic heterocycles. The smallest absolute Gasteiger partial charge is 0.306 e. The zero-order chi connectivity index (χ0) is 18.7. The fourth-order valence-electron chi connectivity index (χ4n) is 3.50. The zero-order valence-electron chi connectivity index (χ0n) is 15.8. The Morgan fingerprint density at radius 2 is 2.00 bits per heavy atom. The number of piperidine rings is 1. The third kappa shape index (κ3) is 5.27.